The lowest BCUT2D eigenvalue weighted by Gasteiger charge is -1.98. The number of hydrogen-bond donors (Lipinski definition) is 3. The molecule has 0 saturated carbocycles. The molecule has 1 rings (SSSR count). The Morgan fingerprint density at radius 3 is 2.54 bits per heavy atom. The highest BCUT2D eigenvalue weighted by Gasteiger charge is 2.03. The summed E-state index contributed by atoms with van der Waals surface area (Å²) in [5.41, 5.74) is 15.7. The van der Waals surface area contributed by atoms with E-state index in [0.29, 0.717) is 5.69 Å². The Morgan fingerprint density at radius 1 is 1.38 bits per heavy atom. The smallest absolute Gasteiger partial charge is 0.356 e. The Kier molecular flexibility index (Phi) is 2.66. The van der Waals surface area contributed by atoms with Crippen molar-refractivity contribution in [3.05, 3.63) is 35.5 Å². The minimum atomic E-state index is -0.400. The topological polar surface area (TPSA) is 96.8 Å². The highest BCUT2D eigenvalue weighted by molar-refractivity contribution is 5.90. The molecular weight excluding hydrogens is 166 g/mol. The number of nitrogen functional groups attached to an aromatic ring is 1. The van der Waals surface area contributed by atoms with E-state index in [2.05, 4.69) is 5.73 Å². The first kappa shape index (κ1) is 9.28. The molecule has 0 unspecified atom stereocenters. The van der Waals surface area contributed by atoms with Crippen LogP contribution in [0, 0.1) is 0 Å². The maximum Gasteiger partial charge on any atom is 0.356 e. The van der Waals surface area contributed by atoms with Crippen molar-refractivity contribution in [3.63, 3.8) is 0 Å². The van der Waals surface area contributed by atoms with Crippen molar-refractivity contribution < 1.29 is 10.5 Å². The average Bonchev–Trinajstić information content (AvgIpc) is 2.08. The lowest BCUT2D eigenvalue weighted by Crippen LogP contribution is -2.59. The van der Waals surface area contributed by atoms with E-state index in [4.69, 9.17) is 11.5 Å². The number of para-hydroxylation sites is 1. The number of anilines is 1. The second kappa shape index (κ2) is 3.73. The van der Waals surface area contributed by atoms with Gasteiger partial charge in [0, 0.05) is 5.69 Å². The zero-order valence-electron chi connectivity index (χ0n) is 7.16. The predicted octanol–water partition coefficient (Wildman–Crippen LogP) is -0.663. The first-order chi connectivity index (χ1) is 6.11. The monoisotopic (exact) mass is 178 g/mol. The summed E-state index contributed by atoms with van der Waals surface area (Å²) >= 11 is 0. The van der Waals surface area contributed by atoms with Crippen molar-refractivity contribution >= 4 is 17.7 Å². The Hall–Kier alpha value is -1.81. The molecule has 1 amide bonds. The van der Waals surface area contributed by atoms with E-state index >= 15 is 0 Å². The number of nitrogens with two attached hydrogens (primary N) is 2. The van der Waals surface area contributed by atoms with Crippen LogP contribution in [-0.4, -0.2) is 5.91 Å². The molecule has 1 aromatic carbocycles. The van der Waals surface area contributed by atoms with Crippen LogP contribution in [0.3, 0.4) is 0 Å². The lowest BCUT2D eigenvalue weighted by molar-refractivity contribution is -0.299. The quantitative estimate of drug-likeness (QED) is 0.414. The van der Waals surface area contributed by atoms with Gasteiger partial charge in [0.2, 0.25) is 0 Å². The van der Waals surface area contributed by atoms with Gasteiger partial charge in [-0.3, -0.25) is 5.73 Å². The molecule has 0 aromatic heterocycles. The van der Waals surface area contributed by atoms with Crippen LogP contribution in [0.5, 0.6) is 0 Å². The molecule has 68 valence electrons. The molecule has 0 atom stereocenters. The van der Waals surface area contributed by atoms with E-state index in [0.717, 1.165) is 5.56 Å². The van der Waals surface area contributed by atoms with E-state index in [9.17, 15) is 4.79 Å². The van der Waals surface area contributed by atoms with Gasteiger partial charge in [-0.15, -0.1) is 0 Å². The standard InChI is InChI=1S/C9H11N3O/c10-7-4-2-1-3-6(7)5-8(11)9(12)13/h1-5H,10-11H2,(H2,12,13)/p+1/b8-5-. The van der Waals surface area contributed by atoms with E-state index in [1.807, 2.05) is 12.1 Å². The van der Waals surface area contributed by atoms with Gasteiger partial charge in [0.15, 0.2) is 0 Å². The van der Waals surface area contributed by atoms with Crippen molar-refractivity contribution in [2.45, 2.75) is 0 Å². The van der Waals surface area contributed by atoms with E-state index in [-0.39, 0.29) is 5.70 Å². The Bertz CT molecular complexity index is 358. The molecule has 0 fully saturated rings. The van der Waals surface area contributed by atoms with Crippen LogP contribution >= 0.6 is 0 Å². The summed E-state index contributed by atoms with van der Waals surface area (Å²) in [5.74, 6) is -0.400. The van der Waals surface area contributed by atoms with Gasteiger partial charge in [-0.1, -0.05) is 18.2 Å². The third-order valence-corrected chi connectivity index (χ3v) is 1.63. The Morgan fingerprint density at radius 2 is 2.00 bits per heavy atom. The molecule has 0 heterocycles. The van der Waals surface area contributed by atoms with E-state index in [1.165, 1.54) is 6.08 Å². The van der Waals surface area contributed by atoms with Crippen molar-refractivity contribution in [1.29, 1.82) is 0 Å². The van der Waals surface area contributed by atoms with Crippen molar-refractivity contribution in [2.75, 3.05) is 5.73 Å². The number of rotatable bonds is 2. The molecule has 0 radical (unpaired) electrons. The summed E-state index contributed by atoms with van der Waals surface area (Å²) in [7, 11) is 0. The molecule has 0 bridgehead atoms. The van der Waals surface area contributed by atoms with Gasteiger partial charge < -0.3 is 11.5 Å². The molecular formula is C9H12N3O+. The van der Waals surface area contributed by atoms with Gasteiger partial charge in [0.1, 0.15) is 5.70 Å². The molecule has 4 heteroatoms. The molecule has 0 spiro atoms. The summed E-state index contributed by atoms with van der Waals surface area (Å²) in [6.07, 6.45) is 1.52. The summed E-state index contributed by atoms with van der Waals surface area (Å²) < 4.78 is 0. The fourth-order valence-electron chi connectivity index (χ4n) is 0.890. The minimum Gasteiger partial charge on any atom is -0.398 e. The summed E-state index contributed by atoms with van der Waals surface area (Å²) in [6, 6.07) is 7.16. The van der Waals surface area contributed by atoms with Crippen LogP contribution in [0.4, 0.5) is 5.69 Å². The van der Waals surface area contributed by atoms with E-state index < -0.39 is 5.91 Å². The highest BCUT2D eigenvalue weighted by Crippen LogP contribution is 2.12. The molecule has 4 nitrogen and oxygen atoms in total. The SMILES string of the molecule is N/C(=C\c1ccccc1N)C([NH3+])=O. The minimum absolute atomic E-state index is 0.109. The molecule has 0 saturated heterocycles. The maximum absolute atomic E-state index is 10.7. The lowest BCUT2D eigenvalue weighted by atomic mass is 10.1. The molecule has 7 N–H and O–H groups in total. The average molecular weight is 178 g/mol. The molecule has 0 aliphatic heterocycles. The number of carbonyl (C=O) groups excluding carboxylic acids is 1. The van der Waals surface area contributed by atoms with Crippen LogP contribution in [0.2, 0.25) is 0 Å². The van der Waals surface area contributed by atoms with Crippen LogP contribution in [0.25, 0.3) is 6.08 Å². The number of carbonyl (C=O) groups is 1. The fourth-order valence-corrected chi connectivity index (χ4v) is 0.890. The van der Waals surface area contributed by atoms with Crippen LogP contribution in [0.15, 0.2) is 30.0 Å². The third-order valence-electron chi connectivity index (χ3n) is 1.63. The van der Waals surface area contributed by atoms with Crippen LogP contribution in [0.1, 0.15) is 5.56 Å². The van der Waals surface area contributed by atoms with Gasteiger partial charge in [0.05, 0.1) is 0 Å². The predicted molar refractivity (Wildman–Crippen MR) is 50.9 cm³/mol. The first-order valence-electron chi connectivity index (χ1n) is 3.79. The molecule has 1 aromatic rings. The maximum atomic E-state index is 10.7. The van der Waals surface area contributed by atoms with Crippen molar-refractivity contribution in [1.82, 2.24) is 0 Å². The first-order valence-corrected chi connectivity index (χ1v) is 3.79. The van der Waals surface area contributed by atoms with Gasteiger partial charge in [-0.2, -0.15) is 0 Å². The van der Waals surface area contributed by atoms with Crippen molar-refractivity contribution in [2.24, 2.45) is 5.73 Å². The number of benzene rings is 1. The molecule has 13 heavy (non-hydrogen) atoms. The summed E-state index contributed by atoms with van der Waals surface area (Å²) in [6.45, 7) is 0. The van der Waals surface area contributed by atoms with Gasteiger partial charge in [-0.25, -0.2) is 4.79 Å². The van der Waals surface area contributed by atoms with Gasteiger partial charge >= 0.3 is 5.91 Å². The zero-order valence-corrected chi connectivity index (χ0v) is 7.16. The fraction of sp³-hybridized carbons (Fsp3) is 0. The Balaban J connectivity index is 3.04. The normalized spacial score (nSPS) is 11.3. The largest absolute Gasteiger partial charge is 0.398 e. The Labute approximate surface area is 76.0 Å². The second-order valence-corrected chi connectivity index (χ2v) is 2.65. The van der Waals surface area contributed by atoms with Gasteiger partial charge in [-0.05, 0) is 17.7 Å². The second-order valence-electron chi connectivity index (χ2n) is 2.65. The van der Waals surface area contributed by atoms with Crippen LogP contribution in [-0.2, 0) is 4.79 Å². The summed E-state index contributed by atoms with van der Waals surface area (Å²) in [5, 5.41) is 0. The highest BCUT2D eigenvalue weighted by atomic mass is 16.1. The number of amides is 1. The van der Waals surface area contributed by atoms with Crippen LogP contribution < -0.4 is 17.2 Å². The molecule has 0 aliphatic rings. The molecule has 0 aliphatic carbocycles. The van der Waals surface area contributed by atoms with E-state index in [1.54, 1.807) is 12.1 Å². The van der Waals surface area contributed by atoms with Crippen molar-refractivity contribution in [3.8, 4) is 0 Å². The van der Waals surface area contributed by atoms with Gasteiger partial charge in [0.25, 0.3) is 0 Å². The number of quaternary nitrogens is 1. The third kappa shape index (κ3) is 2.31. The summed E-state index contributed by atoms with van der Waals surface area (Å²) in [4.78, 5) is 10.7. The zero-order chi connectivity index (χ0) is 9.84. The number of hydrogen-bond acceptors (Lipinski definition) is 3.